The normalized spacial score (nSPS) is 11.0. The lowest BCUT2D eigenvalue weighted by Gasteiger charge is -2.01. The average Bonchev–Trinajstić information content (AvgIpc) is 2.47. The Morgan fingerprint density at radius 1 is 1.50 bits per heavy atom. The molecule has 0 unspecified atom stereocenters. The van der Waals surface area contributed by atoms with Gasteiger partial charge in [-0.25, -0.2) is 9.37 Å². The van der Waals surface area contributed by atoms with Crippen molar-refractivity contribution in [1.82, 2.24) is 9.55 Å². The van der Waals surface area contributed by atoms with Gasteiger partial charge in [-0.3, -0.25) is 0 Å². The fraction of sp³-hybridized carbons (Fsp3) is 0.222. The molecule has 2 N–H and O–H groups in total. The molecule has 0 fully saturated rings. The van der Waals surface area contributed by atoms with Gasteiger partial charge in [-0.05, 0) is 12.1 Å². The number of anilines is 1. The first-order valence-electron chi connectivity index (χ1n) is 4.20. The maximum absolute atomic E-state index is 12.2. The molecule has 0 bridgehead atoms. The van der Waals surface area contributed by atoms with Crippen LogP contribution in [0.5, 0.6) is 0 Å². The van der Waals surface area contributed by atoms with Crippen molar-refractivity contribution in [2.45, 2.75) is 6.54 Å². The van der Waals surface area contributed by atoms with Crippen LogP contribution in [0.3, 0.4) is 0 Å². The molecule has 2 rings (SSSR count). The summed E-state index contributed by atoms with van der Waals surface area (Å²) in [6.45, 7) is -0.259. The van der Waals surface area contributed by atoms with E-state index >= 15 is 0 Å². The molecule has 0 saturated heterocycles. The molecule has 2 aromatic rings. The maximum atomic E-state index is 12.2. The fourth-order valence-electron chi connectivity index (χ4n) is 1.45. The Morgan fingerprint density at radius 3 is 3.00 bits per heavy atom. The minimum absolute atomic E-state index is 0.211. The molecule has 0 amide bonds. The van der Waals surface area contributed by atoms with E-state index in [1.807, 2.05) is 6.07 Å². The van der Waals surface area contributed by atoms with Gasteiger partial charge in [0, 0.05) is 0 Å². The summed E-state index contributed by atoms with van der Waals surface area (Å²) in [5, 5.41) is 0.534. The van der Waals surface area contributed by atoms with Crippen LogP contribution in [0.15, 0.2) is 18.2 Å². The topological polar surface area (TPSA) is 43.8 Å². The van der Waals surface area contributed by atoms with Crippen molar-refractivity contribution in [3.63, 3.8) is 0 Å². The van der Waals surface area contributed by atoms with Crippen LogP contribution in [0.25, 0.3) is 11.0 Å². The minimum atomic E-state index is -0.470. The van der Waals surface area contributed by atoms with Gasteiger partial charge < -0.3 is 10.3 Å². The van der Waals surface area contributed by atoms with Gasteiger partial charge in [0.25, 0.3) is 0 Å². The number of para-hydroxylation sites is 1. The molecule has 0 saturated carbocycles. The lowest BCUT2D eigenvalue weighted by atomic mass is 10.3. The molecule has 1 aromatic carbocycles. The Labute approximate surface area is 85.3 Å². The van der Waals surface area contributed by atoms with E-state index in [4.69, 9.17) is 17.3 Å². The molecule has 74 valence electrons. The van der Waals surface area contributed by atoms with Crippen molar-refractivity contribution >= 4 is 28.6 Å². The smallest absolute Gasteiger partial charge is 0.201 e. The number of nitrogens with zero attached hydrogens (tertiary/aromatic N) is 2. The second kappa shape index (κ2) is 3.46. The van der Waals surface area contributed by atoms with Gasteiger partial charge in [-0.1, -0.05) is 17.7 Å². The molecular formula is C9H9ClFN3. The second-order valence-corrected chi connectivity index (χ2v) is 3.33. The highest BCUT2D eigenvalue weighted by Gasteiger charge is 2.09. The van der Waals surface area contributed by atoms with Gasteiger partial charge in [0.1, 0.15) is 12.2 Å². The molecule has 0 atom stereocenters. The molecule has 1 aromatic heterocycles. The average molecular weight is 214 g/mol. The van der Waals surface area contributed by atoms with Gasteiger partial charge in [-0.15, -0.1) is 0 Å². The number of imidazole rings is 1. The van der Waals surface area contributed by atoms with Gasteiger partial charge in [-0.2, -0.15) is 0 Å². The molecular weight excluding hydrogens is 205 g/mol. The second-order valence-electron chi connectivity index (χ2n) is 2.92. The zero-order chi connectivity index (χ0) is 10.1. The van der Waals surface area contributed by atoms with E-state index < -0.39 is 6.67 Å². The van der Waals surface area contributed by atoms with Crippen molar-refractivity contribution in [3.05, 3.63) is 23.2 Å². The van der Waals surface area contributed by atoms with Crippen molar-refractivity contribution in [2.24, 2.45) is 0 Å². The minimum Gasteiger partial charge on any atom is -0.369 e. The number of hydrogen-bond acceptors (Lipinski definition) is 2. The standard InChI is InChI=1S/C9H9ClFN3/c10-6-2-1-3-7-8(6)13-9(12)14(7)5-4-11/h1-3H,4-5H2,(H2,12,13). The summed E-state index contributed by atoms with van der Waals surface area (Å²) in [7, 11) is 0. The zero-order valence-electron chi connectivity index (χ0n) is 7.37. The summed E-state index contributed by atoms with van der Waals surface area (Å²) in [6.07, 6.45) is 0. The summed E-state index contributed by atoms with van der Waals surface area (Å²) >= 11 is 5.92. The zero-order valence-corrected chi connectivity index (χ0v) is 8.13. The van der Waals surface area contributed by atoms with E-state index in [0.717, 1.165) is 5.52 Å². The van der Waals surface area contributed by atoms with E-state index in [0.29, 0.717) is 16.5 Å². The fourth-order valence-corrected chi connectivity index (χ4v) is 1.66. The van der Waals surface area contributed by atoms with Crippen LogP contribution >= 0.6 is 11.6 Å². The molecule has 3 nitrogen and oxygen atoms in total. The number of alkyl halides is 1. The number of rotatable bonds is 2. The third-order valence-electron chi connectivity index (χ3n) is 2.07. The summed E-state index contributed by atoms with van der Waals surface area (Å²) in [5.41, 5.74) is 7.03. The van der Waals surface area contributed by atoms with Gasteiger partial charge in [0.2, 0.25) is 5.95 Å². The largest absolute Gasteiger partial charge is 0.369 e. The van der Waals surface area contributed by atoms with Crippen molar-refractivity contribution in [2.75, 3.05) is 12.4 Å². The predicted octanol–water partition coefficient (Wildman–Crippen LogP) is 2.24. The Bertz CT molecular complexity index is 466. The first-order chi connectivity index (χ1) is 6.74. The van der Waals surface area contributed by atoms with Crippen LogP contribution in [0.4, 0.5) is 10.3 Å². The molecule has 0 spiro atoms. The van der Waals surface area contributed by atoms with Crippen molar-refractivity contribution < 1.29 is 4.39 Å². The van der Waals surface area contributed by atoms with E-state index in [1.54, 1.807) is 16.7 Å². The summed E-state index contributed by atoms with van der Waals surface area (Å²) in [5.74, 6) is 0.297. The van der Waals surface area contributed by atoms with E-state index in [-0.39, 0.29) is 6.54 Å². The van der Waals surface area contributed by atoms with Crippen LogP contribution in [-0.2, 0) is 6.54 Å². The monoisotopic (exact) mass is 213 g/mol. The molecule has 0 aliphatic carbocycles. The van der Waals surface area contributed by atoms with Crippen LogP contribution in [0.1, 0.15) is 0 Å². The quantitative estimate of drug-likeness (QED) is 0.832. The highest BCUT2D eigenvalue weighted by molar-refractivity contribution is 6.35. The number of fused-ring (bicyclic) bond motifs is 1. The van der Waals surface area contributed by atoms with E-state index in [2.05, 4.69) is 4.98 Å². The summed E-state index contributed by atoms with van der Waals surface area (Å²) in [4.78, 5) is 4.07. The third-order valence-corrected chi connectivity index (χ3v) is 2.37. The first-order valence-corrected chi connectivity index (χ1v) is 4.58. The Morgan fingerprint density at radius 2 is 2.29 bits per heavy atom. The molecule has 5 heteroatoms. The summed E-state index contributed by atoms with van der Waals surface area (Å²) in [6, 6.07) is 5.34. The van der Waals surface area contributed by atoms with Crippen LogP contribution in [0, 0.1) is 0 Å². The van der Waals surface area contributed by atoms with Crippen LogP contribution < -0.4 is 5.73 Å². The van der Waals surface area contributed by atoms with E-state index in [1.165, 1.54) is 0 Å². The molecule has 0 radical (unpaired) electrons. The first kappa shape index (κ1) is 9.27. The number of benzene rings is 1. The lowest BCUT2D eigenvalue weighted by molar-refractivity contribution is 0.452. The highest BCUT2D eigenvalue weighted by atomic mass is 35.5. The van der Waals surface area contributed by atoms with Gasteiger partial charge in [0.05, 0.1) is 17.1 Å². The molecule has 0 aliphatic heterocycles. The van der Waals surface area contributed by atoms with Crippen molar-refractivity contribution in [1.29, 1.82) is 0 Å². The number of aryl methyl sites for hydroxylation is 1. The SMILES string of the molecule is Nc1nc2c(Cl)cccc2n1CCF. The molecule has 0 aliphatic rings. The summed E-state index contributed by atoms with van der Waals surface area (Å²) < 4.78 is 13.8. The Kier molecular flexibility index (Phi) is 2.29. The maximum Gasteiger partial charge on any atom is 0.201 e. The van der Waals surface area contributed by atoms with Crippen molar-refractivity contribution in [3.8, 4) is 0 Å². The van der Waals surface area contributed by atoms with Gasteiger partial charge >= 0.3 is 0 Å². The highest BCUT2D eigenvalue weighted by Crippen LogP contribution is 2.24. The number of nitrogen functional groups attached to an aromatic ring is 1. The molecule has 14 heavy (non-hydrogen) atoms. The van der Waals surface area contributed by atoms with E-state index in [9.17, 15) is 4.39 Å². The Hall–Kier alpha value is -1.29. The lowest BCUT2D eigenvalue weighted by Crippen LogP contribution is -2.04. The van der Waals surface area contributed by atoms with Crippen LogP contribution in [-0.4, -0.2) is 16.2 Å². The number of halogens is 2. The number of hydrogen-bond donors (Lipinski definition) is 1. The number of aromatic nitrogens is 2. The van der Waals surface area contributed by atoms with Gasteiger partial charge in [0.15, 0.2) is 0 Å². The predicted molar refractivity (Wildman–Crippen MR) is 55.1 cm³/mol. The third kappa shape index (κ3) is 1.32. The number of nitrogens with two attached hydrogens (primary N) is 1. The van der Waals surface area contributed by atoms with Crippen LogP contribution in [0.2, 0.25) is 5.02 Å². The Balaban J connectivity index is 2.70. The molecule has 1 heterocycles.